The molecule has 0 bridgehead atoms. The summed E-state index contributed by atoms with van der Waals surface area (Å²) in [6.45, 7) is 0.113. The highest BCUT2D eigenvalue weighted by atomic mass is 19.1. The van der Waals surface area contributed by atoms with Crippen molar-refractivity contribution in [3.8, 4) is 0 Å². The zero-order valence-electron chi connectivity index (χ0n) is 11.6. The van der Waals surface area contributed by atoms with Crippen molar-refractivity contribution in [1.82, 2.24) is 14.8 Å². The highest BCUT2D eigenvalue weighted by Gasteiger charge is 2.16. The first-order chi connectivity index (χ1) is 10.6. The first-order valence-electron chi connectivity index (χ1n) is 6.63. The number of hydrogen-bond donors (Lipinski definition) is 2. The Bertz CT molecular complexity index is 856. The van der Waals surface area contributed by atoms with Gasteiger partial charge in [0, 0.05) is 12.1 Å². The van der Waals surface area contributed by atoms with Crippen molar-refractivity contribution in [3.05, 3.63) is 59.4 Å². The molecule has 0 aliphatic carbocycles. The van der Waals surface area contributed by atoms with Gasteiger partial charge in [-0.3, -0.25) is 0 Å². The fourth-order valence-electron chi connectivity index (χ4n) is 2.25. The summed E-state index contributed by atoms with van der Waals surface area (Å²) in [6, 6.07) is 7.58. The van der Waals surface area contributed by atoms with Crippen LogP contribution in [-0.2, 0) is 6.54 Å². The molecule has 0 aliphatic rings. The zero-order valence-corrected chi connectivity index (χ0v) is 11.6. The van der Waals surface area contributed by atoms with Crippen LogP contribution in [0.4, 0.5) is 8.78 Å². The average molecular weight is 301 g/mol. The Balaban J connectivity index is 2.14. The van der Waals surface area contributed by atoms with E-state index in [0.717, 1.165) is 6.20 Å². The monoisotopic (exact) mass is 301 g/mol. The standard InChI is InChI=1S/C15H13F2N5/c16-10-5-11-14(13(19)6-18)21-22(15(11)20-7-10)8-9-3-1-2-4-12(9)17/h1-5,7,19H,6,8,18H2. The van der Waals surface area contributed by atoms with Gasteiger partial charge in [-0.1, -0.05) is 18.2 Å². The first-order valence-corrected chi connectivity index (χ1v) is 6.63. The van der Waals surface area contributed by atoms with Crippen LogP contribution in [0.3, 0.4) is 0 Å². The second kappa shape index (κ2) is 5.61. The van der Waals surface area contributed by atoms with Gasteiger partial charge in [-0.15, -0.1) is 0 Å². The number of halogens is 2. The van der Waals surface area contributed by atoms with E-state index in [4.69, 9.17) is 11.1 Å². The van der Waals surface area contributed by atoms with Gasteiger partial charge in [0.15, 0.2) is 5.65 Å². The average Bonchev–Trinajstić information content (AvgIpc) is 2.86. The van der Waals surface area contributed by atoms with E-state index in [1.807, 2.05) is 0 Å². The lowest BCUT2D eigenvalue weighted by Gasteiger charge is -2.04. The number of hydrogen-bond acceptors (Lipinski definition) is 4. The third-order valence-electron chi connectivity index (χ3n) is 3.32. The van der Waals surface area contributed by atoms with Gasteiger partial charge >= 0.3 is 0 Å². The summed E-state index contributed by atoms with van der Waals surface area (Å²) in [5.41, 5.74) is 6.63. The molecule has 112 valence electrons. The molecule has 5 nitrogen and oxygen atoms in total. The van der Waals surface area contributed by atoms with Crippen molar-refractivity contribution in [1.29, 1.82) is 5.41 Å². The molecule has 1 aromatic carbocycles. The minimum Gasteiger partial charge on any atom is -0.325 e. The fraction of sp³-hybridized carbons (Fsp3) is 0.133. The number of nitrogens with one attached hydrogen (secondary N) is 1. The maximum absolute atomic E-state index is 13.8. The molecule has 22 heavy (non-hydrogen) atoms. The molecule has 3 N–H and O–H groups in total. The molecule has 3 rings (SSSR count). The van der Waals surface area contributed by atoms with Gasteiger partial charge in [-0.2, -0.15) is 5.10 Å². The Hall–Kier alpha value is -2.67. The summed E-state index contributed by atoms with van der Waals surface area (Å²) in [4.78, 5) is 4.01. The Labute approximate surface area is 124 Å². The van der Waals surface area contributed by atoms with Crippen LogP contribution in [0.2, 0.25) is 0 Å². The van der Waals surface area contributed by atoms with Crippen molar-refractivity contribution in [2.24, 2.45) is 5.73 Å². The molecule has 7 heteroatoms. The number of nitrogens with zero attached hydrogens (tertiary/aromatic N) is 3. The number of benzene rings is 1. The van der Waals surface area contributed by atoms with Crippen LogP contribution in [0, 0.1) is 17.0 Å². The van der Waals surface area contributed by atoms with Crippen LogP contribution in [0.5, 0.6) is 0 Å². The van der Waals surface area contributed by atoms with Crippen LogP contribution < -0.4 is 5.73 Å². The van der Waals surface area contributed by atoms with E-state index in [-0.39, 0.29) is 30.3 Å². The highest BCUT2D eigenvalue weighted by molar-refractivity contribution is 6.07. The summed E-state index contributed by atoms with van der Waals surface area (Å²) < 4.78 is 28.7. The molecule has 2 aromatic heterocycles. The van der Waals surface area contributed by atoms with Crippen molar-refractivity contribution in [2.45, 2.75) is 6.54 Å². The smallest absolute Gasteiger partial charge is 0.158 e. The zero-order chi connectivity index (χ0) is 15.7. The van der Waals surface area contributed by atoms with Crippen LogP contribution in [0.15, 0.2) is 36.5 Å². The SMILES string of the molecule is N=C(CN)c1nn(Cc2ccccc2F)c2ncc(F)cc12. The van der Waals surface area contributed by atoms with Crippen LogP contribution in [-0.4, -0.2) is 27.0 Å². The van der Waals surface area contributed by atoms with Gasteiger partial charge in [0.05, 0.1) is 23.8 Å². The number of pyridine rings is 1. The van der Waals surface area contributed by atoms with Crippen LogP contribution >= 0.6 is 0 Å². The fourth-order valence-corrected chi connectivity index (χ4v) is 2.25. The minimum atomic E-state index is -0.524. The lowest BCUT2D eigenvalue weighted by molar-refractivity contribution is 0.588. The molecule has 0 atom stereocenters. The number of fused-ring (bicyclic) bond motifs is 1. The van der Waals surface area contributed by atoms with Crippen LogP contribution in [0.25, 0.3) is 11.0 Å². The maximum atomic E-state index is 13.8. The van der Waals surface area contributed by atoms with E-state index in [0.29, 0.717) is 16.6 Å². The molecular formula is C15H13F2N5. The lowest BCUT2D eigenvalue weighted by atomic mass is 10.2. The maximum Gasteiger partial charge on any atom is 0.158 e. The Morgan fingerprint density at radius 2 is 2.05 bits per heavy atom. The van der Waals surface area contributed by atoms with E-state index in [1.165, 1.54) is 16.8 Å². The summed E-state index contributed by atoms with van der Waals surface area (Å²) in [5.74, 6) is -0.882. The summed E-state index contributed by atoms with van der Waals surface area (Å²) in [7, 11) is 0. The molecule has 3 aromatic rings. The number of aromatic nitrogens is 3. The van der Waals surface area contributed by atoms with Crippen molar-refractivity contribution < 1.29 is 8.78 Å². The number of nitrogens with two attached hydrogens (primary N) is 1. The van der Waals surface area contributed by atoms with E-state index in [9.17, 15) is 8.78 Å². The predicted octanol–water partition coefficient (Wildman–Crippen LogP) is 2.08. The summed E-state index contributed by atoms with van der Waals surface area (Å²) in [6.07, 6.45) is 1.07. The molecule has 0 fully saturated rings. The third-order valence-corrected chi connectivity index (χ3v) is 3.32. The van der Waals surface area contributed by atoms with E-state index < -0.39 is 5.82 Å². The molecule has 0 saturated carbocycles. The van der Waals surface area contributed by atoms with E-state index in [1.54, 1.807) is 18.2 Å². The predicted molar refractivity (Wildman–Crippen MR) is 78.9 cm³/mol. The topological polar surface area (TPSA) is 80.6 Å². The Kier molecular flexibility index (Phi) is 3.64. The van der Waals surface area contributed by atoms with Gasteiger partial charge in [0.2, 0.25) is 0 Å². The second-order valence-electron chi connectivity index (χ2n) is 4.81. The molecule has 0 saturated heterocycles. The van der Waals surface area contributed by atoms with E-state index in [2.05, 4.69) is 10.1 Å². The molecule has 2 heterocycles. The molecule has 0 radical (unpaired) electrons. The minimum absolute atomic E-state index is 0.0255. The Morgan fingerprint density at radius 3 is 2.77 bits per heavy atom. The van der Waals surface area contributed by atoms with Gasteiger partial charge < -0.3 is 11.1 Å². The molecule has 0 amide bonds. The van der Waals surface area contributed by atoms with Gasteiger partial charge in [-0.05, 0) is 12.1 Å². The second-order valence-corrected chi connectivity index (χ2v) is 4.81. The highest BCUT2D eigenvalue weighted by Crippen LogP contribution is 2.20. The lowest BCUT2D eigenvalue weighted by Crippen LogP contribution is -2.15. The van der Waals surface area contributed by atoms with Crippen molar-refractivity contribution in [3.63, 3.8) is 0 Å². The van der Waals surface area contributed by atoms with Gasteiger partial charge in [-0.25, -0.2) is 18.4 Å². The molecule has 0 spiro atoms. The summed E-state index contributed by atoms with van der Waals surface area (Å²) in [5, 5.41) is 12.5. The van der Waals surface area contributed by atoms with Crippen LogP contribution in [0.1, 0.15) is 11.3 Å². The molecule has 0 aliphatic heterocycles. The quantitative estimate of drug-likeness (QED) is 0.724. The van der Waals surface area contributed by atoms with E-state index >= 15 is 0 Å². The third kappa shape index (κ3) is 2.46. The normalized spacial score (nSPS) is 11.0. The first kappa shape index (κ1) is 14.3. The largest absolute Gasteiger partial charge is 0.325 e. The van der Waals surface area contributed by atoms with Gasteiger partial charge in [0.1, 0.15) is 17.3 Å². The molecular weight excluding hydrogens is 288 g/mol. The Morgan fingerprint density at radius 1 is 1.27 bits per heavy atom. The summed E-state index contributed by atoms with van der Waals surface area (Å²) >= 11 is 0. The van der Waals surface area contributed by atoms with Crippen molar-refractivity contribution in [2.75, 3.05) is 6.54 Å². The number of rotatable bonds is 4. The molecule has 0 unspecified atom stereocenters. The van der Waals surface area contributed by atoms with Crippen molar-refractivity contribution >= 4 is 16.7 Å². The van der Waals surface area contributed by atoms with Gasteiger partial charge in [0.25, 0.3) is 0 Å².